The average Bonchev–Trinajstić information content (AvgIpc) is 2.56. The van der Waals surface area contributed by atoms with Crippen LogP contribution in [0, 0.1) is 5.92 Å². The Hall–Kier alpha value is -0.220. The van der Waals surface area contributed by atoms with E-state index in [-0.39, 0.29) is 18.8 Å². The van der Waals surface area contributed by atoms with Crippen molar-refractivity contribution in [2.24, 2.45) is 5.92 Å². The molecule has 2 bridgehead atoms. The molecule has 1 saturated carbocycles. The molecule has 0 aromatic rings. The van der Waals surface area contributed by atoms with Gasteiger partial charge in [-0.1, -0.05) is 0 Å². The SMILES string of the molecule is OC1(CC2CCCC(F)(F)C2)CC2CCC(C1)N2. The molecule has 4 heteroatoms. The molecule has 0 spiro atoms. The Balaban J connectivity index is 1.61. The lowest BCUT2D eigenvalue weighted by Crippen LogP contribution is -2.49. The van der Waals surface area contributed by atoms with Crippen LogP contribution in [0.25, 0.3) is 0 Å². The molecule has 3 rings (SSSR count). The van der Waals surface area contributed by atoms with Gasteiger partial charge in [0, 0.05) is 24.9 Å². The van der Waals surface area contributed by atoms with Crippen LogP contribution in [0.2, 0.25) is 0 Å². The van der Waals surface area contributed by atoms with E-state index >= 15 is 0 Å². The van der Waals surface area contributed by atoms with E-state index in [9.17, 15) is 13.9 Å². The fraction of sp³-hybridized carbons (Fsp3) is 1.00. The molecule has 1 aliphatic carbocycles. The van der Waals surface area contributed by atoms with Crippen LogP contribution in [0.1, 0.15) is 57.8 Å². The van der Waals surface area contributed by atoms with Gasteiger partial charge in [0.15, 0.2) is 0 Å². The Morgan fingerprint density at radius 2 is 1.72 bits per heavy atom. The smallest absolute Gasteiger partial charge is 0.248 e. The van der Waals surface area contributed by atoms with Gasteiger partial charge in [0.25, 0.3) is 0 Å². The van der Waals surface area contributed by atoms with Crippen LogP contribution >= 0.6 is 0 Å². The fourth-order valence-electron chi connectivity index (χ4n) is 4.38. The number of alkyl halides is 2. The van der Waals surface area contributed by atoms with Crippen LogP contribution in [0.3, 0.4) is 0 Å². The normalized spacial score (nSPS) is 47.2. The zero-order chi connectivity index (χ0) is 12.8. The Morgan fingerprint density at radius 3 is 2.33 bits per heavy atom. The highest BCUT2D eigenvalue weighted by atomic mass is 19.3. The Morgan fingerprint density at radius 1 is 1.06 bits per heavy atom. The van der Waals surface area contributed by atoms with Crippen LogP contribution in [0.5, 0.6) is 0 Å². The minimum atomic E-state index is -2.49. The standard InChI is InChI=1S/C14H23F2NO/c15-14(16)5-1-2-10(7-14)6-13(18)8-11-3-4-12(9-13)17-11/h10-12,17-18H,1-9H2. The van der Waals surface area contributed by atoms with E-state index in [0.717, 1.165) is 32.1 Å². The summed E-state index contributed by atoms with van der Waals surface area (Å²) in [5, 5.41) is 14.2. The Labute approximate surface area is 107 Å². The molecule has 2 heterocycles. The molecule has 3 atom stereocenters. The lowest BCUT2D eigenvalue weighted by Gasteiger charge is -2.41. The van der Waals surface area contributed by atoms with Crippen molar-refractivity contribution < 1.29 is 13.9 Å². The lowest BCUT2D eigenvalue weighted by molar-refractivity contribution is -0.0803. The molecular weight excluding hydrogens is 236 g/mol. The Kier molecular flexibility index (Phi) is 3.14. The van der Waals surface area contributed by atoms with E-state index in [1.54, 1.807) is 0 Å². The van der Waals surface area contributed by atoms with Crippen molar-refractivity contribution in [1.29, 1.82) is 0 Å². The number of halogens is 2. The molecular formula is C14H23F2NO. The quantitative estimate of drug-likeness (QED) is 0.799. The van der Waals surface area contributed by atoms with E-state index < -0.39 is 11.5 Å². The summed E-state index contributed by atoms with van der Waals surface area (Å²) >= 11 is 0. The van der Waals surface area contributed by atoms with Gasteiger partial charge in [-0.05, 0) is 50.9 Å². The van der Waals surface area contributed by atoms with E-state index in [1.165, 1.54) is 0 Å². The van der Waals surface area contributed by atoms with Gasteiger partial charge in [-0.15, -0.1) is 0 Å². The van der Waals surface area contributed by atoms with Crippen LogP contribution in [-0.4, -0.2) is 28.7 Å². The second-order valence-electron chi connectivity index (χ2n) is 6.79. The van der Waals surface area contributed by atoms with Crippen LogP contribution < -0.4 is 5.32 Å². The first-order chi connectivity index (χ1) is 8.44. The minimum absolute atomic E-state index is 0.0104. The van der Waals surface area contributed by atoms with Gasteiger partial charge in [0.1, 0.15) is 0 Å². The fourth-order valence-corrected chi connectivity index (χ4v) is 4.38. The van der Waals surface area contributed by atoms with Crippen molar-refractivity contribution in [2.75, 3.05) is 0 Å². The number of piperidine rings is 1. The molecule has 0 amide bonds. The highest BCUT2D eigenvalue weighted by molar-refractivity contribution is 5.01. The monoisotopic (exact) mass is 259 g/mol. The van der Waals surface area contributed by atoms with Gasteiger partial charge in [-0.3, -0.25) is 0 Å². The van der Waals surface area contributed by atoms with Gasteiger partial charge < -0.3 is 10.4 Å². The summed E-state index contributed by atoms with van der Waals surface area (Å²) in [4.78, 5) is 0. The molecule has 18 heavy (non-hydrogen) atoms. The maximum Gasteiger partial charge on any atom is 0.248 e. The maximum atomic E-state index is 13.4. The van der Waals surface area contributed by atoms with Crippen LogP contribution in [-0.2, 0) is 0 Å². The number of aliphatic hydroxyl groups is 1. The average molecular weight is 259 g/mol. The highest BCUT2D eigenvalue weighted by Gasteiger charge is 2.45. The second kappa shape index (κ2) is 4.41. The number of nitrogens with one attached hydrogen (secondary N) is 1. The predicted octanol–water partition coefficient (Wildman–Crippen LogP) is 2.85. The molecule has 3 fully saturated rings. The van der Waals surface area contributed by atoms with Crippen molar-refractivity contribution in [1.82, 2.24) is 5.32 Å². The third-order valence-electron chi connectivity index (χ3n) is 5.00. The molecule has 2 N–H and O–H groups in total. The topological polar surface area (TPSA) is 32.3 Å². The van der Waals surface area contributed by atoms with Gasteiger partial charge >= 0.3 is 0 Å². The van der Waals surface area contributed by atoms with Crippen molar-refractivity contribution in [2.45, 2.75) is 81.4 Å². The van der Waals surface area contributed by atoms with Gasteiger partial charge in [-0.25, -0.2) is 8.78 Å². The van der Waals surface area contributed by atoms with Crippen molar-refractivity contribution in [3.63, 3.8) is 0 Å². The number of fused-ring (bicyclic) bond motifs is 2. The number of rotatable bonds is 2. The molecule has 0 aromatic heterocycles. The summed E-state index contributed by atoms with van der Waals surface area (Å²) in [5.74, 6) is -2.48. The summed E-state index contributed by atoms with van der Waals surface area (Å²) < 4.78 is 26.8. The van der Waals surface area contributed by atoms with Crippen molar-refractivity contribution in [3.05, 3.63) is 0 Å². The van der Waals surface area contributed by atoms with Gasteiger partial charge in [0.2, 0.25) is 5.92 Å². The van der Waals surface area contributed by atoms with Crippen molar-refractivity contribution >= 4 is 0 Å². The van der Waals surface area contributed by atoms with E-state index in [4.69, 9.17) is 0 Å². The lowest BCUT2D eigenvalue weighted by atomic mass is 9.75. The highest BCUT2D eigenvalue weighted by Crippen LogP contribution is 2.44. The maximum absolute atomic E-state index is 13.4. The molecule has 2 saturated heterocycles. The minimum Gasteiger partial charge on any atom is -0.390 e. The van der Waals surface area contributed by atoms with E-state index in [2.05, 4.69) is 5.32 Å². The Bertz CT molecular complexity index is 309. The third kappa shape index (κ3) is 2.69. The van der Waals surface area contributed by atoms with Crippen LogP contribution in [0.4, 0.5) is 8.78 Å². The predicted molar refractivity (Wildman–Crippen MR) is 65.7 cm³/mol. The first kappa shape index (κ1) is 12.8. The molecule has 3 aliphatic rings. The first-order valence-electron chi connectivity index (χ1n) is 7.30. The molecule has 2 nitrogen and oxygen atoms in total. The first-order valence-corrected chi connectivity index (χ1v) is 7.30. The summed E-state index contributed by atoms with van der Waals surface area (Å²) in [5.41, 5.74) is -0.685. The molecule has 104 valence electrons. The second-order valence-corrected chi connectivity index (χ2v) is 6.79. The third-order valence-corrected chi connectivity index (χ3v) is 5.00. The summed E-state index contributed by atoms with van der Waals surface area (Å²) in [6.45, 7) is 0. The van der Waals surface area contributed by atoms with Gasteiger partial charge in [-0.2, -0.15) is 0 Å². The summed E-state index contributed by atoms with van der Waals surface area (Å²) in [6, 6.07) is 0.829. The zero-order valence-electron chi connectivity index (χ0n) is 10.8. The van der Waals surface area contributed by atoms with Crippen LogP contribution in [0.15, 0.2) is 0 Å². The molecule has 0 aromatic carbocycles. The molecule has 0 radical (unpaired) electrons. The summed E-state index contributed by atoms with van der Waals surface area (Å²) in [6.07, 6.45) is 5.85. The number of hydrogen-bond acceptors (Lipinski definition) is 2. The van der Waals surface area contributed by atoms with Crippen molar-refractivity contribution in [3.8, 4) is 0 Å². The molecule has 3 unspecified atom stereocenters. The van der Waals surface area contributed by atoms with E-state index in [1.807, 2.05) is 0 Å². The van der Waals surface area contributed by atoms with Gasteiger partial charge in [0.05, 0.1) is 5.60 Å². The summed E-state index contributed by atoms with van der Waals surface area (Å²) in [7, 11) is 0. The molecule has 2 aliphatic heterocycles. The largest absolute Gasteiger partial charge is 0.390 e. The zero-order valence-corrected chi connectivity index (χ0v) is 10.8. The van der Waals surface area contributed by atoms with E-state index in [0.29, 0.717) is 24.9 Å². The number of hydrogen-bond donors (Lipinski definition) is 2.